The SMILES string of the molecule is CC(=O)[O-].O=C([O-])c1ccccc1.[Mg+2]. The molecule has 0 aliphatic heterocycles. The van der Waals surface area contributed by atoms with Crippen molar-refractivity contribution < 1.29 is 19.8 Å². The first kappa shape index (κ1) is 15.4. The molecule has 0 spiro atoms. The molecule has 0 saturated heterocycles. The van der Waals surface area contributed by atoms with Crippen LogP contribution < -0.4 is 10.2 Å². The summed E-state index contributed by atoms with van der Waals surface area (Å²) in [5.41, 5.74) is 0.220. The Kier molecular flexibility index (Phi) is 9.37. The van der Waals surface area contributed by atoms with E-state index in [0.717, 1.165) is 6.92 Å². The van der Waals surface area contributed by atoms with Crippen LogP contribution in [0, 0.1) is 0 Å². The first-order valence-electron chi connectivity index (χ1n) is 3.48. The normalized spacial score (nSPS) is 7.50. The van der Waals surface area contributed by atoms with E-state index in [4.69, 9.17) is 9.90 Å². The van der Waals surface area contributed by atoms with E-state index in [2.05, 4.69) is 0 Å². The van der Waals surface area contributed by atoms with Crippen molar-refractivity contribution in [1.82, 2.24) is 0 Å². The van der Waals surface area contributed by atoms with Gasteiger partial charge < -0.3 is 19.8 Å². The number of rotatable bonds is 1. The van der Waals surface area contributed by atoms with Crippen LogP contribution in [-0.2, 0) is 4.79 Å². The van der Waals surface area contributed by atoms with Crippen LogP contribution in [0.1, 0.15) is 17.3 Å². The monoisotopic (exact) mass is 204 g/mol. The molecule has 1 aromatic rings. The summed E-state index contributed by atoms with van der Waals surface area (Å²) in [6.07, 6.45) is 0. The molecule has 0 bridgehead atoms. The second kappa shape index (κ2) is 8.52. The number of carboxylic acids is 2. The van der Waals surface area contributed by atoms with E-state index in [9.17, 15) is 9.90 Å². The number of hydrogen-bond donors (Lipinski definition) is 0. The van der Waals surface area contributed by atoms with Crippen molar-refractivity contribution >= 4 is 35.0 Å². The summed E-state index contributed by atoms with van der Waals surface area (Å²) in [6.45, 7) is 0.972. The van der Waals surface area contributed by atoms with Gasteiger partial charge in [-0.1, -0.05) is 30.3 Å². The Morgan fingerprint density at radius 1 is 1.07 bits per heavy atom. The van der Waals surface area contributed by atoms with Gasteiger partial charge >= 0.3 is 23.1 Å². The second-order valence-electron chi connectivity index (χ2n) is 2.15. The number of benzene rings is 1. The average molecular weight is 204 g/mol. The van der Waals surface area contributed by atoms with Gasteiger partial charge in [-0.15, -0.1) is 0 Å². The van der Waals surface area contributed by atoms with Gasteiger partial charge in [0.2, 0.25) is 0 Å². The van der Waals surface area contributed by atoms with Gasteiger partial charge in [-0.25, -0.2) is 0 Å². The number of aliphatic carboxylic acids is 1. The topological polar surface area (TPSA) is 80.3 Å². The number of aromatic carboxylic acids is 1. The quantitative estimate of drug-likeness (QED) is 0.518. The summed E-state index contributed by atoms with van der Waals surface area (Å²) in [5.74, 6) is -2.21. The third kappa shape index (κ3) is 9.02. The number of carboxylic acid groups (broad SMARTS) is 2. The fourth-order valence-corrected chi connectivity index (χ4v) is 0.574. The van der Waals surface area contributed by atoms with Gasteiger partial charge in [-0.05, 0) is 12.5 Å². The zero-order valence-electron chi connectivity index (χ0n) is 7.73. The van der Waals surface area contributed by atoms with Crippen molar-refractivity contribution in [1.29, 1.82) is 0 Å². The van der Waals surface area contributed by atoms with Crippen LogP contribution in [0.2, 0.25) is 0 Å². The molecule has 0 atom stereocenters. The minimum Gasteiger partial charge on any atom is -0.550 e. The van der Waals surface area contributed by atoms with E-state index in [-0.39, 0.29) is 28.6 Å². The van der Waals surface area contributed by atoms with E-state index >= 15 is 0 Å². The zero-order chi connectivity index (χ0) is 10.3. The van der Waals surface area contributed by atoms with E-state index in [1.54, 1.807) is 18.2 Å². The molecule has 0 N–H and O–H groups in total. The van der Waals surface area contributed by atoms with E-state index in [1.165, 1.54) is 12.1 Å². The zero-order valence-corrected chi connectivity index (χ0v) is 9.14. The molecule has 4 nitrogen and oxygen atoms in total. The second-order valence-corrected chi connectivity index (χ2v) is 2.15. The fraction of sp³-hybridized carbons (Fsp3) is 0.111. The molecule has 0 fully saturated rings. The average Bonchev–Trinajstić information content (AvgIpc) is 2.05. The van der Waals surface area contributed by atoms with Crippen LogP contribution >= 0.6 is 0 Å². The summed E-state index contributed by atoms with van der Waals surface area (Å²) in [6, 6.07) is 8.06. The Hall–Kier alpha value is -1.07. The standard InChI is InChI=1S/C7H6O2.C2H4O2.Mg/c8-7(9)6-4-2-1-3-5-6;1-2(3)4;/h1-5H,(H,8,9);1H3,(H,3,4);/q;;+2/p-2. The minimum absolute atomic E-state index is 0. The molecule has 0 radical (unpaired) electrons. The molecular weight excluding hydrogens is 196 g/mol. The first-order valence-corrected chi connectivity index (χ1v) is 3.48. The van der Waals surface area contributed by atoms with Crippen LogP contribution in [0.4, 0.5) is 0 Å². The van der Waals surface area contributed by atoms with Gasteiger partial charge in [0.1, 0.15) is 0 Å². The molecule has 0 aromatic heterocycles. The molecule has 70 valence electrons. The number of hydrogen-bond acceptors (Lipinski definition) is 4. The Balaban J connectivity index is 0. The van der Waals surface area contributed by atoms with Crippen molar-refractivity contribution in [2.24, 2.45) is 0 Å². The third-order valence-corrected chi connectivity index (χ3v) is 1.01. The summed E-state index contributed by atoms with van der Waals surface area (Å²) < 4.78 is 0. The third-order valence-electron chi connectivity index (χ3n) is 1.01. The van der Waals surface area contributed by atoms with Crippen LogP contribution in [0.5, 0.6) is 0 Å². The molecule has 0 amide bonds. The molecule has 1 rings (SSSR count). The summed E-state index contributed by atoms with van der Waals surface area (Å²) >= 11 is 0. The maximum Gasteiger partial charge on any atom is 2.00 e. The van der Waals surface area contributed by atoms with Crippen LogP contribution in [0.15, 0.2) is 30.3 Å². The van der Waals surface area contributed by atoms with E-state index in [1.807, 2.05) is 0 Å². The molecule has 0 heterocycles. The fourth-order valence-electron chi connectivity index (χ4n) is 0.574. The van der Waals surface area contributed by atoms with Crippen molar-refractivity contribution in [3.63, 3.8) is 0 Å². The van der Waals surface area contributed by atoms with Gasteiger partial charge in [0, 0.05) is 5.97 Å². The summed E-state index contributed by atoms with van der Waals surface area (Å²) in [7, 11) is 0. The maximum atomic E-state index is 10.1. The summed E-state index contributed by atoms with van der Waals surface area (Å²) in [5, 5.41) is 19.0. The van der Waals surface area contributed by atoms with Gasteiger partial charge in [-0.2, -0.15) is 0 Å². The largest absolute Gasteiger partial charge is 2.00 e. The van der Waals surface area contributed by atoms with Crippen molar-refractivity contribution in [2.75, 3.05) is 0 Å². The molecule has 0 aliphatic carbocycles. The van der Waals surface area contributed by atoms with Gasteiger partial charge in [0.05, 0.1) is 5.97 Å². The Morgan fingerprint density at radius 3 is 1.64 bits per heavy atom. The minimum atomic E-state index is -1.13. The van der Waals surface area contributed by atoms with Crippen LogP contribution in [-0.4, -0.2) is 35.0 Å². The molecule has 14 heavy (non-hydrogen) atoms. The predicted molar refractivity (Wildman–Crippen MR) is 47.2 cm³/mol. The Morgan fingerprint density at radius 2 is 1.43 bits per heavy atom. The van der Waals surface area contributed by atoms with Gasteiger partial charge in [0.15, 0.2) is 0 Å². The molecule has 0 saturated carbocycles. The maximum absolute atomic E-state index is 10.1. The van der Waals surface area contributed by atoms with Crippen LogP contribution in [0.25, 0.3) is 0 Å². The van der Waals surface area contributed by atoms with Gasteiger partial charge in [-0.3, -0.25) is 0 Å². The van der Waals surface area contributed by atoms with Crippen LogP contribution in [0.3, 0.4) is 0 Å². The summed E-state index contributed by atoms with van der Waals surface area (Å²) in [4.78, 5) is 19.0. The predicted octanol–water partition coefficient (Wildman–Crippen LogP) is -1.57. The van der Waals surface area contributed by atoms with E-state index in [0.29, 0.717) is 0 Å². The van der Waals surface area contributed by atoms with E-state index < -0.39 is 11.9 Å². The Bertz CT molecular complexity index is 280. The van der Waals surface area contributed by atoms with Crippen molar-refractivity contribution in [2.45, 2.75) is 6.92 Å². The molecule has 1 aromatic carbocycles. The van der Waals surface area contributed by atoms with Crippen molar-refractivity contribution in [3.8, 4) is 0 Å². The Labute approximate surface area is 97.7 Å². The molecule has 0 unspecified atom stereocenters. The molecule has 0 aliphatic rings. The first-order chi connectivity index (χ1) is 6.04. The molecule has 5 heteroatoms. The molecular formula is C9H8MgO4. The number of carbonyl (C=O) groups excluding carboxylic acids is 2. The van der Waals surface area contributed by atoms with Gasteiger partial charge in [0.25, 0.3) is 0 Å². The smallest absolute Gasteiger partial charge is 0.550 e. The van der Waals surface area contributed by atoms with Crippen molar-refractivity contribution in [3.05, 3.63) is 35.9 Å². The number of carbonyl (C=O) groups is 2.